The van der Waals surface area contributed by atoms with Crippen molar-refractivity contribution in [2.24, 2.45) is 5.92 Å². The summed E-state index contributed by atoms with van der Waals surface area (Å²) in [5.74, 6) is 1.35. The number of hydrogen-bond donors (Lipinski definition) is 0. The molecule has 1 aromatic heterocycles. The number of aryl methyl sites for hydroxylation is 2. The number of aromatic nitrogens is 1. The number of allylic oxidation sites excluding steroid dienone is 7. The average molecular weight is 670 g/mol. The molecule has 7 rings (SSSR count). The molecule has 0 spiro atoms. The highest BCUT2D eigenvalue weighted by Gasteiger charge is 2.24. The summed E-state index contributed by atoms with van der Waals surface area (Å²) in [6.45, 7) is 15.4. The fourth-order valence-electron chi connectivity index (χ4n) is 7.93. The zero-order chi connectivity index (χ0) is 35.3. The van der Waals surface area contributed by atoms with Crippen molar-refractivity contribution in [3.8, 4) is 5.75 Å². The van der Waals surface area contributed by atoms with Crippen LogP contribution in [0.25, 0.3) is 49.7 Å². The number of hydrogen-bond acceptors (Lipinski definition) is 1. The highest BCUT2D eigenvalue weighted by Crippen LogP contribution is 2.42. The summed E-state index contributed by atoms with van der Waals surface area (Å²) in [6.07, 6.45) is 16.0. The number of unbranched alkanes of at least 4 members (excludes halogenated alkanes) is 2. The van der Waals surface area contributed by atoms with Gasteiger partial charge in [-0.15, -0.1) is 0 Å². The maximum Gasteiger partial charge on any atom is 0.119 e. The summed E-state index contributed by atoms with van der Waals surface area (Å²) in [7, 11) is 0. The molecule has 0 amide bonds. The van der Waals surface area contributed by atoms with Crippen molar-refractivity contribution < 1.29 is 4.74 Å². The van der Waals surface area contributed by atoms with E-state index in [1.54, 1.807) is 0 Å². The van der Waals surface area contributed by atoms with Gasteiger partial charge in [-0.2, -0.15) is 0 Å². The highest BCUT2D eigenvalue weighted by atomic mass is 16.5. The molecule has 2 heteroatoms. The van der Waals surface area contributed by atoms with Crippen LogP contribution in [0.5, 0.6) is 5.75 Å². The summed E-state index contributed by atoms with van der Waals surface area (Å²) in [5, 5.41) is 7.86. The first-order chi connectivity index (χ1) is 25.0. The third-order valence-corrected chi connectivity index (χ3v) is 10.7. The number of rotatable bonds is 12. The van der Waals surface area contributed by atoms with Crippen LogP contribution >= 0.6 is 0 Å². The molecule has 0 fully saturated rings. The molecule has 1 heterocycles. The van der Waals surface area contributed by atoms with Gasteiger partial charge in [0.05, 0.1) is 6.61 Å². The Bertz CT molecular complexity index is 2330. The Labute approximate surface area is 304 Å². The second-order valence-electron chi connectivity index (χ2n) is 14.3. The zero-order valence-corrected chi connectivity index (χ0v) is 30.8. The normalized spacial score (nSPS) is 16.4. The summed E-state index contributed by atoms with van der Waals surface area (Å²) >= 11 is 0. The Kier molecular flexibility index (Phi) is 10.4. The van der Waals surface area contributed by atoms with Crippen LogP contribution < -0.4 is 10.1 Å². The molecule has 1 unspecified atom stereocenters. The van der Waals surface area contributed by atoms with Crippen molar-refractivity contribution >= 4 is 49.7 Å². The minimum Gasteiger partial charge on any atom is -0.494 e. The Morgan fingerprint density at radius 2 is 1.53 bits per heavy atom. The highest BCUT2D eigenvalue weighted by molar-refractivity contribution is 6.10. The van der Waals surface area contributed by atoms with E-state index >= 15 is 0 Å². The van der Waals surface area contributed by atoms with E-state index in [0.29, 0.717) is 5.92 Å². The average Bonchev–Trinajstić information content (AvgIpc) is 3.46. The van der Waals surface area contributed by atoms with Gasteiger partial charge < -0.3 is 9.30 Å². The molecule has 0 aliphatic heterocycles. The minimum absolute atomic E-state index is 0.419. The van der Waals surface area contributed by atoms with Crippen molar-refractivity contribution in [2.45, 2.75) is 72.8 Å². The standard InChI is InChI=1S/C49H51NO/c1-6-8-32-50-45(44-20-12-17-38-18-13-21-46(50)49(38)44)31-30-43-35(4)23-25-39(48(43)40-26-28-41(29-27-40)51-33-9-7-2)24-22-34(3)42-19-11-16-37-15-10-14-36(5)47(37)42/h10-22,24,26-31,35H,3,6-9,23,25,32-33H2,1-2,4-5H3/b24-22+,43-30+,45-31+. The lowest BCUT2D eigenvalue weighted by Crippen LogP contribution is -2.17. The predicted octanol–water partition coefficient (Wildman–Crippen LogP) is 12.8. The lowest BCUT2D eigenvalue weighted by Gasteiger charge is -2.28. The van der Waals surface area contributed by atoms with Crippen LogP contribution in [0.15, 0.2) is 133 Å². The molecule has 1 aliphatic carbocycles. The maximum atomic E-state index is 6.08. The molecule has 0 bridgehead atoms. The van der Waals surface area contributed by atoms with Gasteiger partial charge in [0, 0.05) is 28.2 Å². The van der Waals surface area contributed by atoms with Gasteiger partial charge in [-0.1, -0.05) is 137 Å². The first-order valence-corrected chi connectivity index (χ1v) is 19.0. The minimum atomic E-state index is 0.419. The van der Waals surface area contributed by atoms with E-state index in [4.69, 9.17) is 4.74 Å². The van der Waals surface area contributed by atoms with E-state index in [0.717, 1.165) is 56.6 Å². The summed E-state index contributed by atoms with van der Waals surface area (Å²) < 4.78 is 8.63. The SMILES string of the molecule is C=C(/C=C/C1=C(c2ccc(OCCCC)cc2)C(=C/C=c2\c3cccc4cccc(c43)n2CCCC)/C(C)CC1)c1cccc2cccc(C)c12. The molecule has 0 N–H and O–H groups in total. The van der Waals surface area contributed by atoms with Gasteiger partial charge in [-0.25, -0.2) is 0 Å². The van der Waals surface area contributed by atoms with Gasteiger partial charge in [0.1, 0.15) is 5.75 Å². The van der Waals surface area contributed by atoms with Crippen molar-refractivity contribution in [1.82, 2.24) is 4.57 Å². The van der Waals surface area contributed by atoms with Crippen molar-refractivity contribution in [3.63, 3.8) is 0 Å². The molecule has 5 aromatic carbocycles. The second kappa shape index (κ2) is 15.4. The molecule has 1 aliphatic rings. The van der Waals surface area contributed by atoms with E-state index in [1.807, 2.05) is 0 Å². The molecular formula is C49H51NO. The quantitative estimate of drug-likeness (QED) is 0.0934. The summed E-state index contributed by atoms with van der Waals surface area (Å²) in [5.41, 5.74) is 10.2. The number of fused-ring (bicyclic) bond motifs is 1. The molecular weight excluding hydrogens is 619 g/mol. The Balaban J connectivity index is 1.37. The molecule has 258 valence electrons. The third kappa shape index (κ3) is 6.97. The second-order valence-corrected chi connectivity index (χ2v) is 14.3. The van der Waals surface area contributed by atoms with Crippen LogP contribution in [0.3, 0.4) is 0 Å². The molecule has 51 heavy (non-hydrogen) atoms. The van der Waals surface area contributed by atoms with Gasteiger partial charge in [0.15, 0.2) is 0 Å². The first kappa shape index (κ1) is 34.4. The van der Waals surface area contributed by atoms with Crippen molar-refractivity contribution in [2.75, 3.05) is 6.61 Å². The Hall–Kier alpha value is -5.08. The van der Waals surface area contributed by atoms with E-state index < -0.39 is 0 Å². The largest absolute Gasteiger partial charge is 0.494 e. The smallest absolute Gasteiger partial charge is 0.119 e. The third-order valence-electron chi connectivity index (χ3n) is 10.7. The Morgan fingerprint density at radius 1 is 0.824 bits per heavy atom. The predicted molar refractivity (Wildman–Crippen MR) is 221 cm³/mol. The molecule has 6 aromatic rings. The molecule has 1 atom stereocenters. The van der Waals surface area contributed by atoms with E-state index in [2.05, 4.69) is 160 Å². The fraction of sp³-hybridized carbons (Fsp3) is 0.265. The zero-order valence-electron chi connectivity index (χ0n) is 30.8. The Morgan fingerprint density at radius 3 is 2.29 bits per heavy atom. The van der Waals surface area contributed by atoms with Crippen LogP contribution in [0.2, 0.25) is 0 Å². The lowest BCUT2D eigenvalue weighted by atomic mass is 9.77. The van der Waals surface area contributed by atoms with E-state index in [-0.39, 0.29) is 0 Å². The van der Waals surface area contributed by atoms with Gasteiger partial charge in [0.2, 0.25) is 0 Å². The van der Waals surface area contributed by atoms with Crippen LogP contribution in [-0.4, -0.2) is 11.2 Å². The van der Waals surface area contributed by atoms with Crippen LogP contribution in [0, 0.1) is 12.8 Å². The van der Waals surface area contributed by atoms with Gasteiger partial charge in [-0.05, 0) is 118 Å². The number of benzene rings is 5. The first-order valence-electron chi connectivity index (χ1n) is 19.0. The number of nitrogens with zero attached hydrogens (tertiary/aromatic N) is 1. The summed E-state index contributed by atoms with van der Waals surface area (Å²) in [4.78, 5) is 0. The maximum absolute atomic E-state index is 6.08. The fourth-order valence-corrected chi connectivity index (χ4v) is 7.93. The molecule has 0 saturated carbocycles. The monoisotopic (exact) mass is 669 g/mol. The van der Waals surface area contributed by atoms with Gasteiger partial charge in [0.25, 0.3) is 0 Å². The van der Waals surface area contributed by atoms with E-state index in [1.165, 1.54) is 77.6 Å². The van der Waals surface area contributed by atoms with Crippen LogP contribution in [0.4, 0.5) is 0 Å². The van der Waals surface area contributed by atoms with Crippen LogP contribution in [-0.2, 0) is 6.54 Å². The lowest BCUT2D eigenvalue weighted by molar-refractivity contribution is 0.309. The van der Waals surface area contributed by atoms with Gasteiger partial charge in [-0.3, -0.25) is 0 Å². The van der Waals surface area contributed by atoms with Crippen LogP contribution in [0.1, 0.15) is 76.0 Å². The van der Waals surface area contributed by atoms with Crippen molar-refractivity contribution in [3.05, 3.63) is 155 Å². The van der Waals surface area contributed by atoms with Crippen molar-refractivity contribution in [1.29, 1.82) is 0 Å². The molecule has 0 saturated heterocycles. The topological polar surface area (TPSA) is 14.2 Å². The molecule has 2 nitrogen and oxygen atoms in total. The number of ether oxygens (including phenoxy) is 1. The van der Waals surface area contributed by atoms with E-state index in [9.17, 15) is 0 Å². The summed E-state index contributed by atoms with van der Waals surface area (Å²) in [6, 6.07) is 35.4. The van der Waals surface area contributed by atoms with Gasteiger partial charge >= 0.3 is 0 Å². The molecule has 0 radical (unpaired) electrons.